The highest BCUT2D eigenvalue weighted by Crippen LogP contribution is 2.12. The van der Waals surface area contributed by atoms with E-state index in [1.165, 1.54) is 5.56 Å². The third-order valence-electron chi connectivity index (χ3n) is 2.22. The Labute approximate surface area is 97.6 Å². The molecule has 0 bridgehead atoms. The van der Waals surface area contributed by atoms with Crippen molar-refractivity contribution in [3.05, 3.63) is 29.8 Å². The molecule has 0 aliphatic heterocycles. The van der Waals surface area contributed by atoms with Gasteiger partial charge in [-0.15, -0.1) is 5.11 Å². The molecule has 0 saturated heterocycles. The summed E-state index contributed by atoms with van der Waals surface area (Å²) in [6.07, 6.45) is 0. The normalized spacial score (nSPS) is 11.3. The van der Waals surface area contributed by atoms with Gasteiger partial charge < -0.3 is 4.90 Å². The summed E-state index contributed by atoms with van der Waals surface area (Å²) in [5.41, 5.74) is 2.13. The smallest absolute Gasteiger partial charge is 0.0874 e. The van der Waals surface area contributed by atoms with Gasteiger partial charge in [0, 0.05) is 13.6 Å². The van der Waals surface area contributed by atoms with Gasteiger partial charge in [0.2, 0.25) is 0 Å². The van der Waals surface area contributed by atoms with Crippen molar-refractivity contribution in [2.24, 2.45) is 10.3 Å². The van der Waals surface area contributed by atoms with Gasteiger partial charge in [-0.25, -0.2) is 0 Å². The number of benzene rings is 1. The monoisotopic (exact) mass is 220 g/mol. The Morgan fingerprint density at radius 3 is 2.19 bits per heavy atom. The average Bonchev–Trinajstić information content (AvgIpc) is 2.25. The maximum Gasteiger partial charge on any atom is 0.0874 e. The molecule has 0 radical (unpaired) electrons. The average molecular weight is 220 g/mol. The Kier molecular flexibility index (Phi) is 4.92. The van der Waals surface area contributed by atoms with Gasteiger partial charge in [-0.05, 0) is 33.2 Å². The zero-order valence-corrected chi connectivity index (χ0v) is 10.5. The lowest BCUT2D eigenvalue weighted by atomic mass is 10.2. The molecule has 0 aromatic heterocycles. The number of aryl methyl sites for hydroxylation is 1. The van der Waals surface area contributed by atoms with Crippen LogP contribution >= 0.6 is 0 Å². The number of hydrogen-bond acceptors (Lipinski definition) is 3. The fourth-order valence-corrected chi connectivity index (χ4v) is 1.13. The van der Waals surface area contributed by atoms with Crippen LogP contribution in [0.3, 0.4) is 0 Å². The van der Waals surface area contributed by atoms with Crippen LogP contribution in [0.5, 0.6) is 0 Å². The van der Waals surface area contributed by atoms with Crippen LogP contribution in [0.15, 0.2) is 34.6 Å². The highest BCUT2D eigenvalue weighted by molar-refractivity contribution is 5.37. The molecule has 0 spiro atoms. The molecule has 0 N–H and O–H groups in total. The van der Waals surface area contributed by atoms with Crippen LogP contribution in [0.25, 0.3) is 0 Å². The SMILES string of the molecule is Cc1ccc(N=NN(C)CCN(C)C)cc1. The molecule has 4 nitrogen and oxygen atoms in total. The van der Waals surface area contributed by atoms with E-state index in [-0.39, 0.29) is 0 Å². The van der Waals surface area contributed by atoms with Gasteiger partial charge in [0.15, 0.2) is 0 Å². The quantitative estimate of drug-likeness (QED) is 0.564. The molecule has 4 heteroatoms. The van der Waals surface area contributed by atoms with Gasteiger partial charge in [0.1, 0.15) is 0 Å². The molecule has 0 saturated carbocycles. The van der Waals surface area contributed by atoms with Crippen molar-refractivity contribution in [2.45, 2.75) is 6.92 Å². The van der Waals surface area contributed by atoms with Crippen LogP contribution in [-0.2, 0) is 0 Å². The Morgan fingerprint density at radius 1 is 1.00 bits per heavy atom. The molecule has 16 heavy (non-hydrogen) atoms. The summed E-state index contributed by atoms with van der Waals surface area (Å²) >= 11 is 0. The highest BCUT2D eigenvalue weighted by Gasteiger charge is 1.95. The summed E-state index contributed by atoms with van der Waals surface area (Å²) in [5, 5.41) is 10.1. The predicted molar refractivity (Wildman–Crippen MR) is 66.9 cm³/mol. The number of hydrogen-bond donors (Lipinski definition) is 0. The van der Waals surface area contributed by atoms with Crippen LogP contribution in [-0.4, -0.2) is 44.1 Å². The second-order valence-electron chi connectivity index (χ2n) is 4.21. The third kappa shape index (κ3) is 4.89. The van der Waals surface area contributed by atoms with Gasteiger partial charge in [-0.2, -0.15) is 0 Å². The summed E-state index contributed by atoms with van der Waals surface area (Å²) in [7, 11) is 6.02. The van der Waals surface area contributed by atoms with Crippen molar-refractivity contribution < 1.29 is 0 Å². The summed E-state index contributed by atoms with van der Waals surface area (Å²) in [4.78, 5) is 2.12. The van der Waals surface area contributed by atoms with Crippen LogP contribution in [0, 0.1) is 6.92 Å². The van der Waals surface area contributed by atoms with Crippen LogP contribution in [0.2, 0.25) is 0 Å². The van der Waals surface area contributed by atoms with Crippen molar-refractivity contribution >= 4 is 5.69 Å². The lowest BCUT2D eigenvalue weighted by Crippen LogP contribution is -2.24. The molecule has 0 amide bonds. The molecule has 0 heterocycles. The molecule has 1 aromatic rings. The van der Waals surface area contributed by atoms with E-state index in [0.717, 1.165) is 18.8 Å². The van der Waals surface area contributed by atoms with Gasteiger partial charge in [-0.3, -0.25) is 5.01 Å². The molecule has 1 aromatic carbocycles. The Balaban J connectivity index is 2.43. The van der Waals surface area contributed by atoms with E-state index in [1.807, 2.05) is 50.4 Å². The van der Waals surface area contributed by atoms with E-state index in [4.69, 9.17) is 0 Å². The summed E-state index contributed by atoms with van der Waals surface area (Å²) in [6.45, 7) is 3.91. The first-order valence-electron chi connectivity index (χ1n) is 5.42. The first kappa shape index (κ1) is 12.6. The van der Waals surface area contributed by atoms with Gasteiger partial charge in [-0.1, -0.05) is 22.9 Å². The van der Waals surface area contributed by atoms with Crippen molar-refractivity contribution in [2.75, 3.05) is 34.2 Å². The largest absolute Gasteiger partial charge is 0.308 e. The fourth-order valence-electron chi connectivity index (χ4n) is 1.13. The van der Waals surface area contributed by atoms with Crippen molar-refractivity contribution in [3.63, 3.8) is 0 Å². The lowest BCUT2D eigenvalue weighted by Gasteiger charge is -2.14. The first-order chi connectivity index (χ1) is 7.58. The van der Waals surface area contributed by atoms with E-state index >= 15 is 0 Å². The first-order valence-corrected chi connectivity index (χ1v) is 5.42. The van der Waals surface area contributed by atoms with E-state index in [0.29, 0.717) is 0 Å². The maximum atomic E-state index is 4.16. The topological polar surface area (TPSA) is 31.2 Å². The minimum Gasteiger partial charge on any atom is -0.308 e. The zero-order chi connectivity index (χ0) is 12.0. The molecule has 0 aliphatic rings. The van der Waals surface area contributed by atoms with Crippen LogP contribution in [0.1, 0.15) is 5.56 Å². The number of nitrogens with zero attached hydrogens (tertiary/aromatic N) is 4. The molecule has 1 rings (SSSR count). The number of rotatable bonds is 5. The summed E-state index contributed by atoms with van der Waals surface area (Å²) < 4.78 is 0. The second kappa shape index (κ2) is 6.23. The number of likely N-dealkylation sites (N-methyl/N-ethyl adjacent to an activating group) is 2. The highest BCUT2D eigenvalue weighted by atomic mass is 15.5. The summed E-state index contributed by atoms with van der Waals surface area (Å²) in [6, 6.07) is 8.01. The van der Waals surface area contributed by atoms with Gasteiger partial charge in [0.05, 0.1) is 12.2 Å². The second-order valence-corrected chi connectivity index (χ2v) is 4.21. The van der Waals surface area contributed by atoms with Gasteiger partial charge >= 0.3 is 0 Å². The molecule has 88 valence electrons. The minimum absolute atomic E-state index is 0.877. The molecular formula is C12H20N4. The minimum atomic E-state index is 0.877. The molecule has 0 aliphatic carbocycles. The van der Waals surface area contributed by atoms with E-state index in [2.05, 4.69) is 22.2 Å². The standard InChI is InChI=1S/C12H20N4/c1-11-5-7-12(8-6-11)13-14-16(4)10-9-15(2)3/h5-8H,9-10H2,1-4H3. The van der Waals surface area contributed by atoms with Crippen LogP contribution in [0.4, 0.5) is 5.69 Å². The Hall–Kier alpha value is -1.42. The zero-order valence-electron chi connectivity index (χ0n) is 10.5. The van der Waals surface area contributed by atoms with E-state index < -0.39 is 0 Å². The maximum absolute atomic E-state index is 4.16. The fraction of sp³-hybridized carbons (Fsp3) is 0.500. The molecule has 0 unspecified atom stereocenters. The van der Waals surface area contributed by atoms with E-state index in [1.54, 1.807) is 0 Å². The molecule has 0 atom stereocenters. The van der Waals surface area contributed by atoms with Crippen molar-refractivity contribution in [1.29, 1.82) is 0 Å². The van der Waals surface area contributed by atoms with Crippen LogP contribution < -0.4 is 0 Å². The van der Waals surface area contributed by atoms with Crippen molar-refractivity contribution in [3.8, 4) is 0 Å². The Morgan fingerprint density at radius 2 is 1.62 bits per heavy atom. The molecular weight excluding hydrogens is 200 g/mol. The van der Waals surface area contributed by atoms with Gasteiger partial charge in [0.25, 0.3) is 0 Å². The molecule has 0 fully saturated rings. The Bertz CT molecular complexity index is 329. The third-order valence-corrected chi connectivity index (χ3v) is 2.22. The predicted octanol–water partition coefficient (Wildman–Crippen LogP) is 2.49. The van der Waals surface area contributed by atoms with Crippen molar-refractivity contribution in [1.82, 2.24) is 9.91 Å². The lowest BCUT2D eigenvalue weighted by molar-refractivity contribution is 0.279. The summed E-state index contributed by atoms with van der Waals surface area (Å²) in [5.74, 6) is 0. The van der Waals surface area contributed by atoms with E-state index in [9.17, 15) is 0 Å².